The van der Waals surface area contributed by atoms with Crippen LogP contribution >= 0.6 is 0 Å². The summed E-state index contributed by atoms with van der Waals surface area (Å²) < 4.78 is 11.5. The Morgan fingerprint density at radius 3 is 1.31 bits per heavy atom. The Morgan fingerprint density at radius 1 is 0.577 bits per heavy atom. The molecule has 0 aliphatic rings. The van der Waals surface area contributed by atoms with E-state index in [-0.39, 0.29) is 12.2 Å². The number of unbranched alkanes of at least 4 members (excludes halogenated alkanes) is 2. The minimum absolute atomic E-state index is 0.201. The van der Waals surface area contributed by atoms with Crippen molar-refractivity contribution in [3.8, 4) is 0 Å². The lowest BCUT2D eigenvalue weighted by Crippen LogP contribution is -2.30. The number of aryl methyl sites for hydroxylation is 2. The van der Waals surface area contributed by atoms with Gasteiger partial charge in [0, 0.05) is 14.2 Å². The molecule has 0 aliphatic carbocycles. The summed E-state index contributed by atoms with van der Waals surface area (Å²) in [5.41, 5.74) is 2.84. The van der Waals surface area contributed by atoms with Crippen molar-refractivity contribution in [2.45, 2.75) is 63.6 Å². The van der Waals surface area contributed by atoms with E-state index in [1.165, 1.54) is 36.8 Å². The lowest BCUT2D eigenvalue weighted by Gasteiger charge is -2.25. The van der Waals surface area contributed by atoms with Crippen LogP contribution < -0.4 is 0 Å². The standard InChI is InChI=1S/C24H34O2/c1-25-23(19-11-9-17-21-13-5-3-6-14-21)24(26-2)20-12-10-18-22-15-7-4-8-16-22/h3-8,13-16,23-24H,9-12,17-20H2,1-2H3. The molecule has 0 aromatic heterocycles. The Hall–Kier alpha value is -1.64. The van der Waals surface area contributed by atoms with Crippen LogP contribution in [0.25, 0.3) is 0 Å². The quantitative estimate of drug-likeness (QED) is 0.421. The maximum absolute atomic E-state index is 5.75. The van der Waals surface area contributed by atoms with Gasteiger partial charge < -0.3 is 9.47 Å². The molecule has 2 nitrogen and oxygen atoms in total. The van der Waals surface area contributed by atoms with Gasteiger partial charge in [-0.15, -0.1) is 0 Å². The van der Waals surface area contributed by atoms with Crippen molar-refractivity contribution in [2.75, 3.05) is 14.2 Å². The molecule has 0 spiro atoms. The van der Waals surface area contributed by atoms with Gasteiger partial charge in [-0.1, -0.05) is 73.5 Å². The number of rotatable bonds is 13. The Balaban J connectivity index is 1.64. The van der Waals surface area contributed by atoms with Crippen LogP contribution in [-0.4, -0.2) is 26.4 Å². The van der Waals surface area contributed by atoms with E-state index >= 15 is 0 Å². The molecule has 0 N–H and O–H groups in total. The monoisotopic (exact) mass is 354 g/mol. The van der Waals surface area contributed by atoms with Crippen molar-refractivity contribution in [3.63, 3.8) is 0 Å². The highest BCUT2D eigenvalue weighted by molar-refractivity contribution is 5.15. The molecule has 2 atom stereocenters. The summed E-state index contributed by atoms with van der Waals surface area (Å²) in [6, 6.07) is 21.4. The summed E-state index contributed by atoms with van der Waals surface area (Å²) in [5, 5.41) is 0. The molecular formula is C24H34O2. The largest absolute Gasteiger partial charge is 0.379 e. The predicted octanol–water partition coefficient (Wildman–Crippen LogP) is 5.84. The Labute approximate surface area is 159 Å². The summed E-state index contributed by atoms with van der Waals surface area (Å²) in [6.07, 6.45) is 9.59. The zero-order chi connectivity index (χ0) is 18.5. The van der Waals surface area contributed by atoms with Gasteiger partial charge in [0.15, 0.2) is 0 Å². The third-order valence-electron chi connectivity index (χ3n) is 5.11. The molecule has 0 heterocycles. The van der Waals surface area contributed by atoms with E-state index < -0.39 is 0 Å². The van der Waals surface area contributed by atoms with Gasteiger partial charge in [-0.3, -0.25) is 0 Å². The van der Waals surface area contributed by atoms with E-state index in [9.17, 15) is 0 Å². The van der Waals surface area contributed by atoms with Crippen LogP contribution in [0, 0.1) is 0 Å². The van der Waals surface area contributed by atoms with Crippen LogP contribution in [-0.2, 0) is 22.3 Å². The highest BCUT2D eigenvalue weighted by atomic mass is 16.5. The highest BCUT2D eigenvalue weighted by Crippen LogP contribution is 2.18. The van der Waals surface area contributed by atoms with Gasteiger partial charge in [0.1, 0.15) is 0 Å². The molecule has 2 aromatic carbocycles. The summed E-state index contributed by atoms with van der Waals surface area (Å²) in [6.45, 7) is 0. The fraction of sp³-hybridized carbons (Fsp3) is 0.500. The van der Waals surface area contributed by atoms with E-state index in [4.69, 9.17) is 9.47 Å². The van der Waals surface area contributed by atoms with Gasteiger partial charge >= 0.3 is 0 Å². The molecule has 0 fully saturated rings. The zero-order valence-electron chi connectivity index (χ0n) is 16.4. The Morgan fingerprint density at radius 2 is 0.962 bits per heavy atom. The molecular weight excluding hydrogens is 320 g/mol. The van der Waals surface area contributed by atoms with E-state index in [2.05, 4.69) is 60.7 Å². The van der Waals surface area contributed by atoms with Crippen LogP contribution in [0.3, 0.4) is 0 Å². The number of hydrogen-bond acceptors (Lipinski definition) is 2. The second-order valence-corrected chi connectivity index (χ2v) is 7.01. The molecule has 2 rings (SSSR count). The molecule has 142 valence electrons. The lowest BCUT2D eigenvalue weighted by atomic mass is 9.98. The number of ether oxygens (including phenoxy) is 2. The summed E-state index contributed by atoms with van der Waals surface area (Å²) >= 11 is 0. The fourth-order valence-electron chi connectivity index (χ4n) is 3.55. The molecule has 26 heavy (non-hydrogen) atoms. The maximum atomic E-state index is 5.75. The Kier molecular flexibility index (Phi) is 10.1. The van der Waals surface area contributed by atoms with Crippen molar-refractivity contribution in [3.05, 3.63) is 71.8 Å². The van der Waals surface area contributed by atoms with Crippen molar-refractivity contribution in [1.29, 1.82) is 0 Å². The zero-order valence-corrected chi connectivity index (χ0v) is 16.4. The second-order valence-electron chi connectivity index (χ2n) is 7.01. The average molecular weight is 355 g/mol. The topological polar surface area (TPSA) is 18.5 Å². The normalized spacial score (nSPS) is 13.5. The first-order chi connectivity index (χ1) is 12.8. The first kappa shape index (κ1) is 20.7. The van der Waals surface area contributed by atoms with Gasteiger partial charge in [-0.25, -0.2) is 0 Å². The molecule has 0 saturated carbocycles. The van der Waals surface area contributed by atoms with Crippen molar-refractivity contribution in [2.24, 2.45) is 0 Å². The Bertz CT molecular complexity index is 514. The molecule has 0 aliphatic heterocycles. The third kappa shape index (κ3) is 7.72. The third-order valence-corrected chi connectivity index (χ3v) is 5.11. The van der Waals surface area contributed by atoms with Crippen molar-refractivity contribution >= 4 is 0 Å². The maximum Gasteiger partial charge on any atom is 0.0832 e. The van der Waals surface area contributed by atoms with Crippen LogP contribution in [0.4, 0.5) is 0 Å². The number of benzene rings is 2. The first-order valence-electron chi connectivity index (χ1n) is 9.97. The molecule has 0 saturated heterocycles. The second kappa shape index (κ2) is 12.7. The summed E-state index contributed by atoms with van der Waals surface area (Å²) in [5.74, 6) is 0. The highest BCUT2D eigenvalue weighted by Gasteiger charge is 2.20. The van der Waals surface area contributed by atoms with Crippen LogP contribution in [0.5, 0.6) is 0 Å². The van der Waals surface area contributed by atoms with Crippen LogP contribution in [0.15, 0.2) is 60.7 Å². The minimum atomic E-state index is 0.201. The average Bonchev–Trinajstić information content (AvgIpc) is 2.70. The molecule has 2 unspecified atom stereocenters. The SMILES string of the molecule is COC(CCCCc1ccccc1)C(CCCCc1ccccc1)OC. The first-order valence-corrected chi connectivity index (χ1v) is 9.97. The fourth-order valence-corrected chi connectivity index (χ4v) is 3.55. The van der Waals surface area contributed by atoms with E-state index in [1.54, 1.807) is 0 Å². The van der Waals surface area contributed by atoms with Gasteiger partial charge in [-0.2, -0.15) is 0 Å². The molecule has 0 amide bonds. The number of hydrogen-bond donors (Lipinski definition) is 0. The van der Waals surface area contributed by atoms with Gasteiger partial charge in [0.2, 0.25) is 0 Å². The van der Waals surface area contributed by atoms with Crippen LogP contribution in [0.2, 0.25) is 0 Å². The smallest absolute Gasteiger partial charge is 0.0832 e. The van der Waals surface area contributed by atoms with Gasteiger partial charge in [-0.05, 0) is 49.7 Å². The molecule has 0 radical (unpaired) electrons. The van der Waals surface area contributed by atoms with Gasteiger partial charge in [0.05, 0.1) is 12.2 Å². The van der Waals surface area contributed by atoms with E-state index in [0.717, 1.165) is 25.7 Å². The predicted molar refractivity (Wildman–Crippen MR) is 110 cm³/mol. The molecule has 0 bridgehead atoms. The summed E-state index contributed by atoms with van der Waals surface area (Å²) in [4.78, 5) is 0. The van der Waals surface area contributed by atoms with Crippen molar-refractivity contribution < 1.29 is 9.47 Å². The van der Waals surface area contributed by atoms with E-state index in [0.29, 0.717) is 0 Å². The summed E-state index contributed by atoms with van der Waals surface area (Å²) in [7, 11) is 3.63. The molecule has 2 heteroatoms. The van der Waals surface area contributed by atoms with E-state index in [1.807, 2.05) is 14.2 Å². The van der Waals surface area contributed by atoms with Crippen LogP contribution in [0.1, 0.15) is 49.7 Å². The number of methoxy groups -OCH3 is 2. The van der Waals surface area contributed by atoms with Crippen molar-refractivity contribution in [1.82, 2.24) is 0 Å². The van der Waals surface area contributed by atoms with Gasteiger partial charge in [0.25, 0.3) is 0 Å². The minimum Gasteiger partial charge on any atom is -0.379 e. The molecule has 2 aromatic rings. The lowest BCUT2D eigenvalue weighted by molar-refractivity contribution is -0.0449.